The SMILES string of the molecule is Cc1nc(CSc2ccccc2C(=O)OCC(=O)Nc2sc3c(c2C#N)CCC3)cs1. The van der Waals surface area contributed by atoms with E-state index < -0.39 is 18.5 Å². The van der Waals surface area contributed by atoms with Gasteiger partial charge in [-0.15, -0.1) is 34.4 Å². The van der Waals surface area contributed by atoms with Gasteiger partial charge in [-0.05, 0) is 43.9 Å². The summed E-state index contributed by atoms with van der Waals surface area (Å²) in [6, 6.07) is 9.35. The van der Waals surface area contributed by atoms with E-state index in [0.717, 1.165) is 45.3 Å². The highest BCUT2D eigenvalue weighted by Crippen LogP contribution is 2.38. The number of thiophene rings is 1. The molecule has 0 radical (unpaired) electrons. The molecule has 1 aliphatic rings. The number of ether oxygens (including phenoxy) is 1. The van der Waals surface area contributed by atoms with E-state index in [0.29, 0.717) is 21.9 Å². The normalized spacial score (nSPS) is 12.3. The van der Waals surface area contributed by atoms with Gasteiger partial charge in [0.25, 0.3) is 5.91 Å². The number of nitrogens with zero attached hydrogens (tertiary/aromatic N) is 2. The number of carbonyl (C=O) groups is 2. The summed E-state index contributed by atoms with van der Waals surface area (Å²) < 4.78 is 5.25. The lowest BCUT2D eigenvalue weighted by molar-refractivity contribution is -0.119. The van der Waals surface area contributed by atoms with Crippen LogP contribution < -0.4 is 5.32 Å². The van der Waals surface area contributed by atoms with Gasteiger partial charge >= 0.3 is 5.97 Å². The molecule has 2 aromatic heterocycles. The van der Waals surface area contributed by atoms with Crippen LogP contribution in [0.3, 0.4) is 0 Å². The number of nitrogens with one attached hydrogen (secondary N) is 1. The van der Waals surface area contributed by atoms with Crippen molar-refractivity contribution < 1.29 is 14.3 Å². The summed E-state index contributed by atoms with van der Waals surface area (Å²) in [5, 5.41) is 15.7. The molecule has 31 heavy (non-hydrogen) atoms. The molecule has 4 rings (SSSR count). The molecule has 1 aliphatic carbocycles. The quantitative estimate of drug-likeness (QED) is 0.388. The maximum atomic E-state index is 12.6. The van der Waals surface area contributed by atoms with Crippen molar-refractivity contribution >= 4 is 51.3 Å². The third-order valence-corrected chi connectivity index (χ3v) is 7.91. The predicted molar refractivity (Wildman–Crippen MR) is 123 cm³/mol. The summed E-state index contributed by atoms with van der Waals surface area (Å²) in [4.78, 5) is 31.3. The van der Waals surface area contributed by atoms with Crippen LogP contribution in [-0.2, 0) is 28.1 Å². The zero-order chi connectivity index (χ0) is 21.8. The van der Waals surface area contributed by atoms with Crippen molar-refractivity contribution in [3.05, 3.63) is 61.9 Å². The Labute approximate surface area is 192 Å². The van der Waals surface area contributed by atoms with Gasteiger partial charge < -0.3 is 10.1 Å². The van der Waals surface area contributed by atoms with Gasteiger partial charge in [-0.1, -0.05) is 12.1 Å². The molecule has 158 valence electrons. The Bertz CT molecular complexity index is 1180. The molecular weight excluding hydrogens is 450 g/mol. The molecule has 9 heteroatoms. The maximum absolute atomic E-state index is 12.6. The smallest absolute Gasteiger partial charge is 0.339 e. The summed E-state index contributed by atoms with van der Waals surface area (Å²) in [5.41, 5.74) is 2.96. The van der Waals surface area contributed by atoms with Crippen molar-refractivity contribution in [2.45, 2.75) is 36.8 Å². The Morgan fingerprint density at radius 1 is 1.32 bits per heavy atom. The van der Waals surface area contributed by atoms with Crippen LogP contribution in [0.15, 0.2) is 34.5 Å². The van der Waals surface area contributed by atoms with Gasteiger partial charge in [0.1, 0.15) is 11.1 Å². The highest BCUT2D eigenvalue weighted by atomic mass is 32.2. The third kappa shape index (κ3) is 4.98. The highest BCUT2D eigenvalue weighted by Gasteiger charge is 2.23. The summed E-state index contributed by atoms with van der Waals surface area (Å²) >= 11 is 4.53. The Hall–Kier alpha value is -2.67. The van der Waals surface area contributed by atoms with Crippen molar-refractivity contribution in [2.24, 2.45) is 0 Å². The lowest BCUT2D eigenvalue weighted by Crippen LogP contribution is -2.21. The van der Waals surface area contributed by atoms with Gasteiger partial charge in [0.2, 0.25) is 0 Å². The van der Waals surface area contributed by atoms with Crippen LogP contribution in [-0.4, -0.2) is 23.5 Å². The third-order valence-electron chi connectivity index (χ3n) is 4.77. The van der Waals surface area contributed by atoms with Gasteiger partial charge in [-0.3, -0.25) is 4.79 Å². The molecule has 0 saturated carbocycles. The van der Waals surface area contributed by atoms with Gasteiger partial charge in [0, 0.05) is 20.9 Å². The number of hydrogen-bond donors (Lipinski definition) is 1. The molecule has 0 spiro atoms. The summed E-state index contributed by atoms with van der Waals surface area (Å²) in [7, 11) is 0. The number of aryl methyl sites for hydroxylation is 2. The molecule has 1 amide bonds. The monoisotopic (exact) mass is 469 g/mol. The lowest BCUT2D eigenvalue weighted by atomic mass is 10.1. The average Bonchev–Trinajstić information content (AvgIpc) is 3.47. The molecule has 0 saturated heterocycles. The van der Waals surface area contributed by atoms with Crippen molar-refractivity contribution in [3.8, 4) is 6.07 Å². The molecular formula is C22H19N3O3S3. The van der Waals surface area contributed by atoms with E-state index in [9.17, 15) is 14.9 Å². The van der Waals surface area contributed by atoms with E-state index in [4.69, 9.17) is 4.74 Å². The summed E-state index contributed by atoms with van der Waals surface area (Å²) in [6.45, 7) is 1.55. The van der Waals surface area contributed by atoms with Crippen LogP contribution in [0, 0.1) is 18.3 Å². The summed E-state index contributed by atoms with van der Waals surface area (Å²) in [5.74, 6) is -0.357. The van der Waals surface area contributed by atoms with E-state index in [1.807, 2.05) is 24.4 Å². The van der Waals surface area contributed by atoms with Gasteiger partial charge in [-0.2, -0.15) is 5.26 Å². The summed E-state index contributed by atoms with van der Waals surface area (Å²) in [6.07, 6.45) is 2.85. The first-order valence-electron chi connectivity index (χ1n) is 9.69. The second kappa shape index (κ2) is 9.64. The predicted octanol–water partition coefficient (Wildman–Crippen LogP) is 4.96. The minimum atomic E-state index is -0.554. The number of anilines is 1. The lowest BCUT2D eigenvalue weighted by Gasteiger charge is -2.09. The highest BCUT2D eigenvalue weighted by molar-refractivity contribution is 7.98. The Morgan fingerprint density at radius 2 is 2.16 bits per heavy atom. The number of benzene rings is 1. The van der Waals surface area contributed by atoms with E-state index in [2.05, 4.69) is 16.4 Å². The molecule has 0 unspecified atom stereocenters. The molecule has 3 aromatic rings. The van der Waals surface area contributed by atoms with Crippen molar-refractivity contribution in [2.75, 3.05) is 11.9 Å². The number of thiazole rings is 1. The maximum Gasteiger partial charge on any atom is 0.339 e. The Morgan fingerprint density at radius 3 is 2.94 bits per heavy atom. The van der Waals surface area contributed by atoms with Crippen LogP contribution in [0.1, 0.15) is 43.5 Å². The van der Waals surface area contributed by atoms with E-state index >= 15 is 0 Å². The molecule has 0 atom stereocenters. The minimum Gasteiger partial charge on any atom is -0.452 e. The number of esters is 1. The topological polar surface area (TPSA) is 92.1 Å². The van der Waals surface area contributed by atoms with E-state index in [1.165, 1.54) is 23.1 Å². The number of nitriles is 1. The molecule has 2 heterocycles. The molecule has 1 aromatic carbocycles. The van der Waals surface area contributed by atoms with Crippen LogP contribution in [0.2, 0.25) is 0 Å². The number of hydrogen-bond acceptors (Lipinski definition) is 8. The first-order valence-corrected chi connectivity index (χ1v) is 12.4. The number of rotatable bonds is 7. The first-order chi connectivity index (χ1) is 15.0. The van der Waals surface area contributed by atoms with Crippen LogP contribution in [0.25, 0.3) is 0 Å². The minimum absolute atomic E-state index is 0.406. The number of aromatic nitrogens is 1. The standard InChI is InChI=1S/C22H19N3O3S3/c1-13-24-14(11-29-13)12-30-18-7-3-2-5-16(18)22(27)28-10-20(26)25-21-17(9-23)15-6-4-8-19(15)31-21/h2-3,5,7,11H,4,6,8,10,12H2,1H3,(H,25,26). The van der Waals surface area contributed by atoms with Gasteiger partial charge in [0.05, 0.1) is 21.8 Å². The Balaban J connectivity index is 1.36. The van der Waals surface area contributed by atoms with E-state index in [1.54, 1.807) is 23.5 Å². The van der Waals surface area contributed by atoms with Crippen LogP contribution >= 0.6 is 34.4 Å². The van der Waals surface area contributed by atoms with Crippen LogP contribution in [0.5, 0.6) is 0 Å². The fourth-order valence-electron chi connectivity index (χ4n) is 3.37. The average molecular weight is 470 g/mol. The van der Waals surface area contributed by atoms with Gasteiger partial charge in [-0.25, -0.2) is 9.78 Å². The number of fused-ring (bicyclic) bond motifs is 1. The molecule has 0 fully saturated rings. The van der Waals surface area contributed by atoms with Gasteiger partial charge in [0.15, 0.2) is 6.61 Å². The number of carbonyl (C=O) groups excluding carboxylic acids is 2. The fraction of sp³-hybridized carbons (Fsp3) is 0.273. The molecule has 6 nitrogen and oxygen atoms in total. The van der Waals surface area contributed by atoms with E-state index in [-0.39, 0.29) is 0 Å². The largest absolute Gasteiger partial charge is 0.452 e. The van der Waals surface area contributed by atoms with Crippen molar-refractivity contribution in [1.29, 1.82) is 5.26 Å². The second-order valence-electron chi connectivity index (χ2n) is 6.94. The number of amides is 1. The molecule has 1 N–H and O–H groups in total. The first kappa shape index (κ1) is 21.6. The zero-order valence-corrected chi connectivity index (χ0v) is 19.2. The van der Waals surface area contributed by atoms with Crippen LogP contribution in [0.4, 0.5) is 5.00 Å². The molecule has 0 aliphatic heterocycles. The Kier molecular flexibility index (Phi) is 6.70. The number of thioether (sulfide) groups is 1. The molecule has 0 bridgehead atoms. The second-order valence-corrected chi connectivity index (χ2v) is 10.1. The fourth-order valence-corrected chi connectivity index (χ4v) is 6.28. The zero-order valence-electron chi connectivity index (χ0n) is 16.8. The van der Waals surface area contributed by atoms with Crippen molar-refractivity contribution in [3.63, 3.8) is 0 Å². The van der Waals surface area contributed by atoms with Crippen molar-refractivity contribution in [1.82, 2.24) is 4.98 Å².